The summed E-state index contributed by atoms with van der Waals surface area (Å²) < 4.78 is 2.93. The van der Waals surface area contributed by atoms with Crippen LogP contribution in [0.5, 0.6) is 0 Å². The monoisotopic (exact) mass is 443 g/mol. The standard InChI is InChI=1S/C20H22BrN5S/c1-14(21)20-24-18(15-7-5-4-6-8-15)13-19(26(20)22)23-16-9-11-17(12-10-16)27-25(2)3/h4-13,23H,22H2,1-3H3/b20-14+. The Kier molecular flexibility index (Phi) is 6.38. The highest BCUT2D eigenvalue weighted by molar-refractivity contribution is 9.11. The van der Waals surface area contributed by atoms with E-state index < -0.39 is 0 Å². The summed E-state index contributed by atoms with van der Waals surface area (Å²) >= 11 is 5.19. The molecule has 1 aliphatic rings. The average Bonchev–Trinajstić information content (AvgIpc) is 2.65. The minimum absolute atomic E-state index is 0.665. The van der Waals surface area contributed by atoms with Crippen molar-refractivity contribution in [2.24, 2.45) is 10.8 Å². The molecule has 0 radical (unpaired) electrons. The van der Waals surface area contributed by atoms with Crippen molar-refractivity contribution in [2.75, 3.05) is 19.4 Å². The van der Waals surface area contributed by atoms with Crippen LogP contribution >= 0.6 is 27.9 Å². The van der Waals surface area contributed by atoms with E-state index in [2.05, 4.69) is 37.7 Å². The van der Waals surface area contributed by atoms with E-state index in [1.807, 2.05) is 69.6 Å². The summed E-state index contributed by atoms with van der Waals surface area (Å²) in [5.41, 5.74) is 2.85. The molecule has 0 atom stereocenters. The fourth-order valence-electron chi connectivity index (χ4n) is 2.57. The van der Waals surface area contributed by atoms with Crippen molar-refractivity contribution < 1.29 is 0 Å². The number of hydrogen-bond donors (Lipinski definition) is 2. The molecule has 0 fully saturated rings. The molecule has 0 spiro atoms. The lowest BCUT2D eigenvalue weighted by Gasteiger charge is -2.28. The molecule has 27 heavy (non-hydrogen) atoms. The molecule has 3 rings (SSSR count). The molecule has 7 heteroatoms. The zero-order chi connectivity index (χ0) is 19.4. The molecule has 0 saturated carbocycles. The number of benzene rings is 2. The Bertz CT molecular complexity index is 884. The maximum Gasteiger partial charge on any atom is 0.159 e. The largest absolute Gasteiger partial charge is 0.340 e. The van der Waals surface area contributed by atoms with Crippen molar-refractivity contribution in [3.05, 3.63) is 82.4 Å². The van der Waals surface area contributed by atoms with E-state index in [0.717, 1.165) is 27.3 Å². The molecule has 0 amide bonds. The summed E-state index contributed by atoms with van der Waals surface area (Å²) in [4.78, 5) is 5.87. The highest BCUT2D eigenvalue weighted by atomic mass is 79.9. The van der Waals surface area contributed by atoms with Crippen LogP contribution in [0.4, 0.5) is 5.69 Å². The third-order valence-electron chi connectivity index (χ3n) is 3.78. The van der Waals surface area contributed by atoms with Crippen LogP contribution < -0.4 is 11.2 Å². The van der Waals surface area contributed by atoms with Crippen molar-refractivity contribution in [3.63, 3.8) is 0 Å². The summed E-state index contributed by atoms with van der Waals surface area (Å²) in [6.07, 6.45) is 1.96. The van der Waals surface area contributed by atoms with Gasteiger partial charge in [-0.05, 0) is 57.2 Å². The van der Waals surface area contributed by atoms with Crippen LogP contribution in [-0.2, 0) is 0 Å². The zero-order valence-electron chi connectivity index (χ0n) is 15.5. The fourth-order valence-corrected chi connectivity index (χ4v) is 3.53. The molecule has 0 saturated heterocycles. The van der Waals surface area contributed by atoms with Crippen LogP contribution in [0.15, 0.2) is 86.7 Å². The number of nitrogens with two attached hydrogens (primary N) is 1. The fraction of sp³-hybridized carbons (Fsp3) is 0.150. The maximum atomic E-state index is 6.30. The lowest BCUT2D eigenvalue weighted by atomic mass is 10.1. The third-order valence-corrected chi connectivity index (χ3v) is 4.98. The predicted octanol–water partition coefficient (Wildman–Crippen LogP) is 4.77. The van der Waals surface area contributed by atoms with E-state index in [0.29, 0.717) is 5.82 Å². The van der Waals surface area contributed by atoms with Gasteiger partial charge >= 0.3 is 0 Å². The summed E-state index contributed by atoms with van der Waals surface area (Å²) in [6.45, 7) is 1.93. The van der Waals surface area contributed by atoms with Gasteiger partial charge in [0.1, 0.15) is 5.82 Å². The van der Waals surface area contributed by atoms with E-state index >= 15 is 0 Å². The summed E-state index contributed by atoms with van der Waals surface area (Å²) in [5, 5.41) is 4.95. The number of nitrogens with one attached hydrogen (secondary N) is 1. The number of allylic oxidation sites excluding steroid dienone is 2. The number of hydrogen-bond acceptors (Lipinski definition) is 6. The van der Waals surface area contributed by atoms with Crippen LogP contribution in [0.2, 0.25) is 0 Å². The highest BCUT2D eigenvalue weighted by Gasteiger charge is 2.20. The summed E-state index contributed by atoms with van der Waals surface area (Å²) in [5.74, 6) is 7.73. The summed E-state index contributed by atoms with van der Waals surface area (Å²) in [6, 6.07) is 18.3. The Hall–Kier alpha value is -2.06. The van der Waals surface area contributed by atoms with Gasteiger partial charge in [-0.3, -0.25) is 4.31 Å². The van der Waals surface area contributed by atoms with Crippen molar-refractivity contribution in [1.29, 1.82) is 0 Å². The van der Waals surface area contributed by atoms with Gasteiger partial charge in [-0.25, -0.2) is 15.8 Å². The molecule has 0 aromatic heterocycles. The van der Waals surface area contributed by atoms with Gasteiger partial charge in [0, 0.05) is 26.7 Å². The van der Waals surface area contributed by atoms with Gasteiger partial charge in [-0.1, -0.05) is 46.3 Å². The van der Waals surface area contributed by atoms with Gasteiger partial charge in [0.05, 0.1) is 5.71 Å². The van der Waals surface area contributed by atoms with Crippen LogP contribution in [0.25, 0.3) is 0 Å². The lowest BCUT2D eigenvalue weighted by Crippen LogP contribution is -2.36. The van der Waals surface area contributed by atoms with E-state index in [-0.39, 0.29) is 0 Å². The number of rotatable bonds is 5. The second kappa shape index (κ2) is 8.75. The van der Waals surface area contributed by atoms with Gasteiger partial charge in [-0.2, -0.15) is 0 Å². The minimum atomic E-state index is 0.665. The molecule has 1 heterocycles. The Labute approximate surface area is 172 Å². The Morgan fingerprint density at radius 3 is 2.37 bits per heavy atom. The first-order valence-electron chi connectivity index (χ1n) is 8.43. The smallest absolute Gasteiger partial charge is 0.159 e. The minimum Gasteiger partial charge on any atom is -0.340 e. The van der Waals surface area contributed by atoms with E-state index in [1.54, 1.807) is 17.0 Å². The predicted molar refractivity (Wildman–Crippen MR) is 118 cm³/mol. The first kappa shape index (κ1) is 19.7. The number of anilines is 1. The molecule has 2 aromatic carbocycles. The van der Waals surface area contributed by atoms with Gasteiger partial charge in [-0.15, -0.1) is 0 Å². The van der Waals surface area contributed by atoms with Gasteiger partial charge in [0.15, 0.2) is 5.82 Å². The van der Waals surface area contributed by atoms with Crippen molar-refractivity contribution in [1.82, 2.24) is 9.31 Å². The third kappa shape index (κ3) is 5.01. The normalized spacial score (nSPS) is 16.1. The number of nitrogens with zero attached hydrogens (tertiary/aromatic N) is 3. The molecule has 0 aliphatic carbocycles. The second-order valence-corrected chi connectivity index (χ2v) is 8.75. The van der Waals surface area contributed by atoms with E-state index in [1.165, 1.54) is 4.90 Å². The zero-order valence-corrected chi connectivity index (χ0v) is 17.9. The number of hydrazine groups is 1. The molecule has 1 aliphatic heterocycles. The molecular formula is C20H22BrN5S. The van der Waals surface area contributed by atoms with Gasteiger partial charge < -0.3 is 5.32 Å². The Morgan fingerprint density at radius 2 is 1.78 bits per heavy atom. The van der Waals surface area contributed by atoms with Crippen LogP contribution in [0.1, 0.15) is 12.5 Å². The van der Waals surface area contributed by atoms with Crippen molar-refractivity contribution in [3.8, 4) is 0 Å². The SMILES string of the molecule is C/C(Br)=C1/N=C(c2ccccc2)C=C(Nc2ccc(SN(C)C)cc2)N1N. The molecule has 5 nitrogen and oxygen atoms in total. The van der Waals surface area contributed by atoms with Crippen molar-refractivity contribution >= 4 is 39.3 Å². The molecule has 2 aromatic rings. The topological polar surface area (TPSA) is 56.9 Å². The molecule has 0 unspecified atom stereocenters. The maximum absolute atomic E-state index is 6.30. The first-order valence-corrected chi connectivity index (χ1v) is 10.00. The average molecular weight is 444 g/mol. The van der Waals surface area contributed by atoms with Crippen LogP contribution in [0, 0.1) is 0 Å². The quantitative estimate of drug-likeness (QED) is 0.514. The molecule has 3 N–H and O–H groups in total. The van der Waals surface area contributed by atoms with E-state index in [4.69, 9.17) is 10.8 Å². The van der Waals surface area contributed by atoms with Gasteiger partial charge in [0.25, 0.3) is 0 Å². The number of halogens is 1. The molecule has 140 valence electrons. The van der Waals surface area contributed by atoms with E-state index in [9.17, 15) is 0 Å². The Balaban J connectivity index is 1.90. The van der Waals surface area contributed by atoms with Crippen LogP contribution in [0.3, 0.4) is 0 Å². The second-order valence-electron chi connectivity index (χ2n) is 6.17. The van der Waals surface area contributed by atoms with Crippen molar-refractivity contribution in [2.45, 2.75) is 11.8 Å². The highest BCUT2D eigenvalue weighted by Crippen LogP contribution is 2.27. The molecule has 0 bridgehead atoms. The lowest BCUT2D eigenvalue weighted by molar-refractivity contribution is 0.444. The summed E-state index contributed by atoms with van der Waals surface area (Å²) in [7, 11) is 4.05. The molecular weight excluding hydrogens is 422 g/mol. The Morgan fingerprint density at radius 1 is 1.11 bits per heavy atom. The van der Waals surface area contributed by atoms with Crippen LogP contribution in [-0.4, -0.2) is 29.1 Å². The first-order chi connectivity index (χ1) is 12.9. The number of aliphatic imine (C=N–C) groups is 1. The van der Waals surface area contributed by atoms with Gasteiger partial charge in [0.2, 0.25) is 0 Å².